The topological polar surface area (TPSA) is 27.7 Å². The normalized spacial score (nSPS) is 13.0. The summed E-state index contributed by atoms with van der Waals surface area (Å²) in [5, 5.41) is 0. The van der Waals surface area contributed by atoms with Gasteiger partial charge in [0.1, 0.15) is 0 Å². The van der Waals surface area contributed by atoms with Crippen LogP contribution in [0.5, 0.6) is 0 Å². The molecule has 0 amide bonds. The molecule has 174 valence electrons. The Kier molecular flexibility index (Phi) is 14.1. The number of unbranched alkanes of at least 4 members (excludes halogenated alkanes) is 6. The fourth-order valence-electron chi connectivity index (χ4n) is 3.33. The second-order valence-electron chi connectivity index (χ2n) is 8.61. The van der Waals surface area contributed by atoms with Gasteiger partial charge in [-0.1, -0.05) is 57.9 Å². The van der Waals surface area contributed by atoms with Crippen molar-refractivity contribution in [2.75, 3.05) is 0 Å². The average molecular weight is 429 g/mol. The van der Waals surface area contributed by atoms with Gasteiger partial charge in [0.05, 0.1) is 18.3 Å². The van der Waals surface area contributed by atoms with Crippen LogP contribution >= 0.6 is 0 Å². The zero-order valence-corrected chi connectivity index (χ0v) is 19.6. The average Bonchev–Trinajstić information content (AvgIpc) is 2.66. The standard InChI is InChI=1S/C25H42F2O3/c1-6-7-8-9-10-11-12-13-22(30-25(28-19(2)3)29-20(4)5)16-14-21-15-17-23(26)24(27)18-21/h15,17-20,22,25H,6-14,16H2,1-5H3. The summed E-state index contributed by atoms with van der Waals surface area (Å²) in [7, 11) is 0. The molecule has 0 heterocycles. The molecule has 0 aliphatic carbocycles. The van der Waals surface area contributed by atoms with Gasteiger partial charge in [-0.15, -0.1) is 0 Å². The van der Waals surface area contributed by atoms with Crippen molar-refractivity contribution in [2.24, 2.45) is 0 Å². The summed E-state index contributed by atoms with van der Waals surface area (Å²) in [4.78, 5) is 0. The third kappa shape index (κ3) is 12.6. The van der Waals surface area contributed by atoms with Crippen molar-refractivity contribution in [3.63, 3.8) is 0 Å². The molecule has 0 N–H and O–H groups in total. The third-order valence-electron chi connectivity index (χ3n) is 4.94. The Morgan fingerprint density at radius 2 is 1.33 bits per heavy atom. The summed E-state index contributed by atoms with van der Waals surface area (Å²) in [5.41, 5.74) is 0.771. The molecule has 0 spiro atoms. The fourth-order valence-corrected chi connectivity index (χ4v) is 3.33. The van der Waals surface area contributed by atoms with Gasteiger partial charge in [-0.05, 0) is 64.7 Å². The first-order chi connectivity index (χ1) is 14.3. The summed E-state index contributed by atoms with van der Waals surface area (Å²) in [6, 6.07) is 4.09. The molecule has 0 aromatic heterocycles. The van der Waals surface area contributed by atoms with Crippen LogP contribution in [0.3, 0.4) is 0 Å². The Bertz CT molecular complexity index is 553. The number of halogens is 2. The van der Waals surface area contributed by atoms with Gasteiger partial charge in [0, 0.05) is 0 Å². The first-order valence-corrected chi connectivity index (χ1v) is 11.7. The molecular formula is C25H42F2O3. The second-order valence-corrected chi connectivity index (χ2v) is 8.61. The van der Waals surface area contributed by atoms with E-state index < -0.39 is 18.1 Å². The molecule has 0 bridgehead atoms. The number of hydrogen-bond donors (Lipinski definition) is 0. The molecule has 0 aliphatic heterocycles. The van der Waals surface area contributed by atoms with Crippen molar-refractivity contribution in [2.45, 2.75) is 124 Å². The Hall–Kier alpha value is -1.04. The van der Waals surface area contributed by atoms with E-state index in [1.807, 2.05) is 27.7 Å². The lowest BCUT2D eigenvalue weighted by atomic mass is 10.0. The number of aryl methyl sites for hydroxylation is 1. The fraction of sp³-hybridized carbons (Fsp3) is 0.760. The van der Waals surface area contributed by atoms with Gasteiger partial charge < -0.3 is 14.2 Å². The van der Waals surface area contributed by atoms with Gasteiger partial charge in [-0.2, -0.15) is 0 Å². The number of benzene rings is 1. The highest BCUT2D eigenvalue weighted by Crippen LogP contribution is 2.20. The Morgan fingerprint density at radius 1 is 0.733 bits per heavy atom. The maximum atomic E-state index is 13.5. The van der Waals surface area contributed by atoms with Crippen LogP contribution in [0.2, 0.25) is 0 Å². The predicted octanol–water partition coefficient (Wildman–Crippen LogP) is 7.56. The maximum absolute atomic E-state index is 13.5. The maximum Gasteiger partial charge on any atom is 0.272 e. The van der Waals surface area contributed by atoms with E-state index in [1.165, 1.54) is 50.7 Å². The Labute approximate surface area is 182 Å². The minimum Gasteiger partial charge on any atom is -0.327 e. The van der Waals surface area contributed by atoms with Crippen molar-refractivity contribution < 1.29 is 23.0 Å². The minimum absolute atomic E-state index is 0.0147. The molecule has 0 saturated heterocycles. The molecule has 0 saturated carbocycles. The van der Waals surface area contributed by atoms with Crippen LogP contribution in [-0.4, -0.2) is 24.8 Å². The lowest BCUT2D eigenvalue weighted by Crippen LogP contribution is -2.32. The van der Waals surface area contributed by atoms with Crippen LogP contribution < -0.4 is 0 Å². The first-order valence-electron chi connectivity index (χ1n) is 11.7. The molecule has 3 nitrogen and oxygen atoms in total. The van der Waals surface area contributed by atoms with E-state index in [4.69, 9.17) is 14.2 Å². The molecule has 0 radical (unpaired) electrons. The lowest BCUT2D eigenvalue weighted by Gasteiger charge is -2.28. The van der Waals surface area contributed by atoms with Gasteiger partial charge in [0.15, 0.2) is 11.6 Å². The van der Waals surface area contributed by atoms with E-state index in [2.05, 4.69) is 6.92 Å². The molecule has 1 atom stereocenters. The van der Waals surface area contributed by atoms with E-state index >= 15 is 0 Å². The van der Waals surface area contributed by atoms with Crippen molar-refractivity contribution in [1.29, 1.82) is 0 Å². The zero-order valence-electron chi connectivity index (χ0n) is 19.6. The van der Waals surface area contributed by atoms with E-state index in [0.29, 0.717) is 12.8 Å². The SMILES string of the molecule is CCCCCCCCCC(CCc1ccc(F)c(F)c1)OC(OC(C)C)OC(C)C. The van der Waals surface area contributed by atoms with E-state index in [9.17, 15) is 8.78 Å². The molecule has 5 heteroatoms. The Morgan fingerprint density at radius 3 is 1.90 bits per heavy atom. The zero-order chi connectivity index (χ0) is 22.4. The molecule has 1 aromatic carbocycles. The van der Waals surface area contributed by atoms with Crippen LogP contribution in [0.4, 0.5) is 8.78 Å². The van der Waals surface area contributed by atoms with E-state index in [0.717, 1.165) is 18.4 Å². The Balaban J connectivity index is 2.62. The highest BCUT2D eigenvalue weighted by atomic mass is 19.2. The summed E-state index contributed by atoms with van der Waals surface area (Å²) in [6.45, 7) is 9.31. The molecular weight excluding hydrogens is 386 g/mol. The van der Waals surface area contributed by atoms with Gasteiger partial charge in [-0.3, -0.25) is 0 Å². The first kappa shape index (κ1) is 27.0. The summed E-state index contributed by atoms with van der Waals surface area (Å²) >= 11 is 0. The molecule has 1 rings (SSSR count). The number of rotatable bonds is 17. The van der Waals surface area contributed by atoms with Gasteiger partial charge in [-0.25, -0.2) is 8.78 Å². The highest BCUT2D eigenvalue weighted by Gasteiger charge is 2.20. The number of hydrogen-bond acceptors (Lipinski definition) is 3. The van der Waals surface area contributed by atoms with Crippen molar-refractivity contribution in [3.05, 3.63) is 35.4 Å². The van der Waals surface area contributed by atoms with Gasteiger partial charge >= 0.3 is 0 Å². The summed E-state index contributed by atoms with van der Waals surface area (Å²) in [6.07, 6.45) is 10.8. The highest BCUT2D eigenvalue weighted by molar-refractivity contribution is 5.17. The largest absolute Gasteiger partial charge is 0.327 e. The van der Waals surface area contributed by atoms with Crippen molar-refractivity contribution in [1.82, 2.24) is 0 Å². The van der Waals surface area contributed by atoms with E-state index in [1.54, 1.807) is 6.07 Å². The molecule has 0 aliphatic rings. The van der Waals surface area contributed by atoms with Crippen LogP contribution in [0, 0.1) is 11.6 Å². The molecule has 30 heavy (non-hydrogen) atoms. The smallest absolute Gasteiger partial charge is 0.272 e. The van der Waals surface area contributed by atoms with Crippen LogP contribution in [-0.2, 0) is 20.6 Å². The molecule has 1 aromatic rings. The minimum atomic E-state index is -0.814. The van der Waals surface area contributed by atoms with Crippen LogP contribution in [0.25, 0.3) is 0 Å². The molecule has 1 unspecified atom stereocenters. The monoisotopic (exact) mass is 428 g/mol. The van der Waals surface area contributed by atoms with Crippen molar-refractivity contribution in [3.8, 4) is 0 Å². The molecule has 0 fully saturated rings. The van der Waals surface area contributed by atoms with Gasteiger partial charge in [0.2, 0.25) is 0 Å². The quantitative estimate of drug-likeness (QED) is 0.189. The van der Waals surface area contributed by atoms with E-state index in [-0.39, 0.29) is 18.3 Å². The predicted molar refractivity (Wildman–Crippen MR) is 118 cm³/mol. The van der Waals surface area contributed by atoms with Crippen LogP contribution in [0.15, 0.2) is 18.2 Å². The van der Waals surface area contributed by atoms with Crippen LogP contribution in [0.1, 0.15) is 98.0 Å². The summed E-state index contributed by atoms with van der Waals surface area (Å²) in [5.74, 6) is -1.62. The lowest BCUT2D eigenvalue weighted by molar-refractivity contribution is -0.327. The second kappa shape index (κ2) is 15.7. The third-order valence-corrected chi connectivity index (χ3v) is 4.94. The van der Waals surface area contributed by atoms with Crippen molar-refractivity contribution >= 4 is 0 Å². The van der Waals surface area contributed by atoms with Gasteiger partial charge in [0.25, 0.3) is 6.48 Å². The summed E-state index contributed by atoms with van der Waals surface area (Å²) < 4.78 is 44.5. The number of ether oxygens (including phenoxy) is 3.